The second kappa shape index (κ2) is 41.6. The number of aliphatic carboxylic acids is 2. The van der Waals surface area contributed by atoms with Gasteiger partial charge in [0, 0.05) is 99.6 Å². The lowest BCUT2D eigenvalue weighted by atomic mass is 9.91. The Labute approximate surface area is 570 Å². The van der Waals surface area contributed by atoms with Crippen LogP contribution in [0, 0.1) is 53.4 Å². The van der Waals surface area contributed by atoms with Crippen molar-refractivity contribution >= 4 is 29.7 Å². The third-order valence-corrected chi connectivity index (χ3v) is 16.9. The molecule has 5 fully saturated rings. The van der Waals surface area contributed by atoms with Crippen LogP contribution in [0.5, 0.6) is 0 Å². The van der Waals surface area contributed by atoms with Crippen LogP contribution in [0.2, 0.25) is 0 Å². The average Bonchev–Trinajstić information content (AvgIpc) is 1.77. The molecule has 0 aliphatic carbocycles. The van der Waals surface area contributed by atoms with E-state index in [9.17, 15) is 56.1 Å². The molecule has 542 valence electrons. The number of hydrogen-bond donors (Lipinski definition) is 4. The van der Waals surface area contributed by atoms with Crippen molar-refractivity contribution in [1.82, 2.24) is 30.2 Å². The highest BCUT2D eigenvalue weighted by atomic mass is 19.1. The van der Waals surface area contributed by atoms with Crippen LogP contribution in [-0.4, -0.2) is 177 Å². The molecular formula is C69H88F5N7O18. The summed E-state index contributed by atoms with van der Waals surface area (Å²) in [4.78, 5) is 75.0. The van der Waals surface area contributed by atoms with E-state index in [2.05, 4.69) is 36.8 Å². The molecule has 5 aromatic rings. The summed E-state index contributed by atoms with van der Waals surface area (Å²) in [5, 5.41) is 21.2. The molecule has 0 aromatic carbocycles. The number of nitrogens with one attached hydrogen (secondary N) is 1. The summed E-state index contributed by atoms with van der Waals surface area (Å²) < 4.78 is 125. The normalized spacial score (nSPS) is 25.8. The number of pyridine rings is 5. The molecule has 30 heteroatoms. The van der Waals surface area contributed by atoms with E-state index in [0.29, 0.717) is 119 Å². The minimum absolute atomic E-state index is 0.0184. The van der Waals surface area contributed by atoms with Gasteiger partial charge in [-0.2, -0.15) is 22.0 Å². The summed E-state index contributed by atoms with van der Waals surface area (Å²) in [5.74, 6) is -7.20. The maximum absolute atomic E-state index is 13.4. The van der Waals surface area contributed by atoms with Gasteiger partial charge in [-0.3, -0.25) is 19.2 Å². The molecule has 0 unspecified atom stereocenters. The number of rotatable bonds is 27. The van der Waals surface area contributed by atoms with Crippen LogP contribution < -0.4 is 11.1 Å². The molecule has 10 rings (SSSR count). The monoisotopic (exact) mass is 1400 g/mol. The van der Waals surface area contributed by atoms with Gasteiger partial charge in [0.25, 0.3) is 0 Å². The fourth-order valence-corrected chi connectivity index (χ4v) is 12.1. The minimum atomic E-state index is -0.929. The number of carbonyl (C=O) groups excluding carboxylic acids is 3. The molecule has 0 saturated carbocycles. The van der Waals surface area contributed by atoms with Gasteiger partial charge in [0.1, 0.15) is 18.5 Å². The average molecular weight is 1400 g/mol. The Morgan fingerprint density at radius 3 is 1.03 bits per heavy atom. The van der Waals surface area contributed by atoms with Crippen LogP contribution in [-0.2, 0) is 71.3 Å². The van der Waals surface area contributed by atoms with Crippen LogP contribution in [0.1, 0.15) is 129 Å². The SMILES string of the molecule is C=CCOC(=O)N[C@@H]1C[C@@H](CCOC)O[C@H]1c1ccnc(F)c1.COCC[C@@H]1C[C@@H](C(=O)O)[C@H](c2ccnc(F)c2)O1.COCC[C@@H]1C[C@@H](C(N)=O)[C@H](c2ccnc(F)c2)O1.COCC[C@@H]1C[C@H](C(=O)O)[C@H](c2ccnc(F)c2)O1.COCC[C@@H]1C[C@H](C(C)=O)[C@H](c2ccnc(F)c2)O1. The van der Waals surface area contributed by atoms with Crippen LogP contribution in [0.3, 0.4) is 0 Å². The van der Waals surface area contributed by atoms with Crippen LogP contribution >= 0.6 is 0 Å². The Kier molecular flexibility index (Phi) is 33.7. The van der Waals surface area contributed by atoms with Gasteiger partial charge >= 0.3 is 18.0 Å². The maximum atomic E-state index is 13.4. The molecule has 5 saturated heterocycles. The number of alkyl carbamates (subject to hydrolysis) is 1. The highest BCUT2D eigenvalue weighted by molar-refractivity contribution is 5.79. The maximum Gasteiger partial charge on any atom is 0.407 e. The lowest BCUT2D eigenvalue weighted by Gasteiger charge is -2.19. The number of primary amides is 1. The molecule has 5 aliphatic heterocycles. The zero-order valence-corrected chi connectivity index (χ0v) is 56.0. The molecule has 10 heterocycles. The van der Waals surface area contributed by atoms with E-state index in [4.69, 9.17) is 57.8 Å². The number of halogens is 5. The molecule has 15 atom stereocenters. The van der Waals surface area contributed by atoms with Gasteiger partial charge in [-0.15, -0.1) is 0 Å². The molecule has 5 aliphatic rings. The van der Waals surface area contributed by atoms with E-state index < -0.39 is 95.8 Å². The molecule has 5 N–H and O–H groups in total. The molecule has 25 nitrogen and oxygen atoms in total. The standard InChI is InChI=1S/C16H21FN2O4.C14H18FNO3.C13H17FN2O3.2C13H16FNO4/c1-3-7-22-16(20)19-13-10-12(5-8-21-2)23-15(13)11-4-6-18-14(17)9-11;1-9(17)12-8-11(4-6-18-2)19-14(12)10-3-5-16-13(15)7-10;1-18-5-3-9-7-10(13(15)17)12(19-9)8-2-4-16-11(14)6-8;2*1-18-5-3-9-7-10(13(16)17)12(19-9)8-2-4-15-11(14)6-8/h3-4,6,9,12-13,15H,1,5,7-8,10H2,2H3,(H,19,20);3,5,7,11-12,14H,4,6,8H2,1-2H3;2,4,6,9-10,12H,3,5,7H2,1H3,(H2,15,17);2*2,4,6,9-10,12H,3,5,7H2,1H3,(H,16,17)/t12-,13-,15+;11-,12-,14+;9-,10-,12+;9-,10+,12+;9-,10-,12+/m11111/s1. The lowest BCUT2D eigenvalue weighted by molar-refractivity contribution is -0.144. The molecule has 5 aromatic heterocycles. The number of hydrogen-bond acceptors (Lipinski definition) is 21. The Balaban J connectivity index is 0.000000195. The largest absolute Gasteiger partial charge is 0.481 e. The van der Waals surface area contributed by atoms with Gasteiger partial charge in [-0.25, -0.2) is 29.7 Å². The van der Waals surface area contributed by atoms with Gasteiger partial charge in [0.2, 0.25) is 35.6 Å². The van der Waals surface area contributed by atoms with E-state index in [0.717, 1.165) is 6.42 Å². The topological polar surface area (TPSA) is 330 Å². The summed E-state index contributed by atoms with van der Waals surface area (Å²) in [5.41, 5.74) is 8.32. The fraction of sp³-hybridized carbons (Fsp3) is 0.536. The number of carboxylic acid groups (broad SMARTS) is 2. The first-order valence-electron chi connectivity index (χ1n) is 32.2. The Bertz CT molecular complexity index is 3020. The van der Waals surface area contributed by atoms with Crippen molar-refractivity contribution in [3.8, 4) is 0 Å². The Morgan fingerprint density at radius 2 is 0.747 bits per heavy atom. The summed E-state index contributed by atoms with van der Waals surface area (Å²) in [6.45, 7) is 7.88. The van der Waals surface area contributed by atoms with E-state index >= 15 is 0 Å². The van der Waals surface area contributed by atoms with E-state index in [-0.39, 0.29) is 61.0 Å². The fourth-order valence-electron chi connectivity index (χ4n) is 12.1. The van der Waals surface area contributed by atoms with E-state index in [1.807, 2.05) is 0 Å². The number of ketones is 1. The number of Topliss-reactive ketones (excluding diaryl/α,β-unsaturated/α-hetero) is 1. The van der Waals surface area contributed by atoms with E-state index in [1.54, 1.807) is 72.8 Å². The number of methoxy groups -OCH3 is 5. The van der Waals surface area contributed by atoms with Crippen molar-refractivity contribution in [2.24, 2.45) is 29.4 Å². The highest BCUT2D eigenvalue weighted by Crippen LogP contribution is 2.43. The van der Waals surface area contributed by atoms with Gasteiger partial charge in [-0.1, -0.05) is 12.7 Å². The predicted octanol–water partition coefficient (Wildman–Crippen LogP) is 9.43. The third kappa shape index (κ3) is 25.3. The second-order valence-electron chi connectivity index (χ2n) is 23.8. The first-order valence-corrected chi connectivity index (χ1v) is 32.2. The molecule has 0 spiro atoms. The number of amides is 2. The molecule has 0 bridgehead atoms. The number of ether oxygens (including phenoxy) is 11. The second-order valence-corrected chi connectivity index (χ2v) is 23.8. The first-order chi connectivity index (χ1) is 47.6. The number of nitrogens with zero attached hydrogens (tertiary/aromatic N) is 5. The van der Waals surface area contributed by atoms with Gasteiger partial charge in [0.15, 0.2) is 0 Å². The van der Waals surface area contributed by atoms with Crippen molar-refractivity contribution in [3.63, 3.8) is 0 Å². The van der Waals surface area contributed by atoms with Gasteiger partial charge in [0.05, 0.1) is 84.6 Å². The van der Waals surface area contributed by atoms with Gasteiger partial charge < -0.3 is 73.4 Å². The van der Waals surface area contributed by atoms with Crippen molar-refractivity contribution in [3.05, 3.63) is 162 Å². The number of aromatic nitrogens is 5. The first kappa shape index (κ1) is 80.1. The third-order valence-electron chi connectivity index (χ3n) is 16.9. The molecule has 0 radical (unpaired) electrons. The zero-order chi connectivity index (χ0) is 72.0. The zero-order valence-electron chi connectivity index (χ0n) is 56.0. The van der Waals surface area contributed by atoms with Crippen molar-refractivity contribution in [2.75, 3.05) is 75.2 Å². The summed E-state index contributed by atoms with van der Waals surface area (Å²) in [6, 6.07) is 14.2. The van der Waals surface area contributed by atoms with Crippen LogP contribution in [0.25, 0.3) is 0 Å². The van der Waals surface area contributed by atoms with Crippen molar-refractivity contribution < 1.29 is 108 Å². The van der Waals surface area contributed by atoms with Crippen molar-refractivity contribution in [2.45, 2.75) is 138 Å². The predicted molar refractivity (Wildman–Crippen MR) is 342 cm³/mol. The summed E-state index contributed by atoms with van der Waals surface area (Å²) in [6.07, 6.45) is 10.5. The molecular weight excluding hydrogens is 1310 g/mol. The minimum Gasteiger partial charge on any atom is -0.481 e. The van der Waals surface area contributed by atoms with E-state index in [1.165, 1.54) is 67.4 Å². The Morgan fingerprint density at radius 1 is 0.475 bits per heavy atom. The summed E-state index contributed by atoms with van der Waals surface area (Å²) >= 11 is 0. The molecule has 2 amide bonds. The highest BCUT2D eigenvalue weighted by Gasteiger charge is 2.44. The quantitative estimate of drug-likeness (QED) is 0.0216. The number of carboxylic acids is 2. The summed E-state index contributed by atoms with van der Waals surface area (Å²) in [7, 11) is 8.02. The van der Waals surface area contributed by atoms with Gasteiger partial charge in [-0.05, 0) is 160 Å². The van der Waals surface area contributed by atoms with Crippen molar-refractivity contribution in [1.29, 1.82) is 0 Å². The smallest absolute Gasteiger partial charge is 0.407 e. The number of carbonyl (C=O) groups is 5. The lowest BCUT2D eigenvalue weighted by Crippen LogP contribution is -2.37. The van der Waals surface area contributed by atoms with Crippen LogP contribution in [0.4, 0.5) is 26.7 Å². The van der Waals surface area contributed by atoms with Crippen LogP contribution in [0.15, 0.2) is 104 Å². The molecule has 99 heavy (non-hydrogen) atoms. The number of nitrogens with two attached hydrogens (primary N) is 1. The Hall–Kier alpha value is -7.91.